The molecular formula is C16H16ClF3N2O4. The third kappa shape index (κ3) is 6.40. The van der Waals surface area contributed by atoms with Gasteiger partial charge in [0.2, 0.25) is 0 Å². The summed E-state index contributed by atoms with van der Waals surface area (Å²) in [5.74, 6) is -2.36. The number of rotatable bonds is 5. The number of nitrogens with one attached hydrogen (secondary N) is 1. The highest BCUT2D eigenvalue weighted by Gasteiger charge is 2.33. The van der Waals surface area contributed by atoms with Crippen molar-refractivity contribution in [2.24, 2.45) is 11.7 Å². The van der Waals surface area contributed by atoms with Gasteiger partial charge in [-0.3, -0.25) is 10.1 Å². The van der Waals surface area contributed by atoms with E-state index in [9.17, 15) is 27.6 Å². The van der Waals surface area contributed by atoms with Crippen molar-refractivity contribution < 1.29 is 32.3 Å². The topological polar surface area (TPSA) is 98.5 Å². The summed E-state index contributed by atoms with van der Waals surface area (Å²) in [4.78, 5) is 34.3. The molecule has 1 atom stereocenters. The average Bonchev–Trinajstić information content (AvgIpc) is 2.49. The zero-order chi connectivity index (χ0) is 20.1. The Kier molecular flexibility index (Phi) is 7.19. The maximum atomic E-state index is 12.8. The number of halogens is 4. The molecule has 0 radical (unpaired) electrons. The molecule has 0 spiro atoms. The van der Waals surface area contributed by atoms with Crippen LogP contribution in [0.1, 0.15) is 25.0 Å². The first kappa shape index (κ1) is 21.5. The number of hydrogen-bond donors (Lipinski definition) is 2. The van der Waals surface area contributed by atoms with E-state index in [1.807, 2.05) is 0 Å². The number of amides is 3. The fourth-order valence-electron chi connectivity index (χ4n) is 1.88. The summed E-state index contributed by atoms with van der Waals surface area (Å²) in [6.07, 6.45) is -4.00. The standard InChI is InChI=1S/C16H16ClF3N2O4/c1-8(2)13(14(24)22-15(21)25)26-12(23)6-4-9-3-5-11(17)10(7-9)16(18,19)20/h3-8,13H,1-2H3,(H3,21,22,24,25)/b6-4+/t13-/m1/s1. The highest BCUT2D eigenvalue weighted by Crippen LogP contribution is 2.35. The van der Waals surface area contributed by atoms with Crippen LogP contribution in [0.4, 0.5) is 18.0 Å². The van der Waals surface area contributed by atoms with Crippen LogP contribution in [-0.4, -0.2) is 24.0 Å². The van der Waals surface area contributed by atoms with E-state index in [2.05, 4.69) is 0 Å². The molecule has 6 nitrogen and oxygen atoms in total. The van der Waals surface area contributed by atoms with Crippen LogP contribution in [0.2, 0.25) is 5.02 Å². The fraction of sp³-hybridized carbons (Fsp3) is 0.312. The molecule has 1 rings (SSSR count). The predicted octanol–water partition coefficient (Wildman–Crippen LogP) is 3.13. The molecule has 3 amide bonds. The highest BCUT2D eigenvalue weighted by molar-refractivity contribution is 6.31. The SMILES string of the molecule is CC(C)[C@@H](OC(=O)/C=C/c1ccc(Cl)c(C(F)(F)F)c1)C(=O)NC(N)=O. The number of esters is 1. The number of primary amides is 1. The maximum Gasteiger partial charge on any atom is 0.417 e. The van der Waals surface area contributed by atoms with Crippen molar-refractivity contribution in [3.05, 3.63) is 40.4 Å². The molecule has 0 fully saturated rings. The maximum absolute atomic E-state index is 12.8. The van der Waals surface area contributed by atoms with Crippen molar-refractivity contribution in [3.8, 4) is 0 Å². The molecule has 0 unspecified atom stereocenters. The molecule has 0 saturated carbocycles. The quantitative estimate of drug-likeness (QED) is 0.594. The van der Waals surface area contributed by atoms with Crippen molar-refractivity contribution >= 4 is 35.6 Å². The summed E-state index contributed by atoms with van der Waals surface area (Å²) in [5, 5.41) is 1.32. The molecule has 0 saturated heterocycles. The smallest absolute Gasteiger partial charge is 0.417 e. The highest BCUT2D eigenvalue weighted by atomic mass is 35.5. The van der Waals surface area contributed by atoms with Gasteiger partial charge in [0, 0.05) is 6.08 Å². The number of carbonyl (C=O) groups excluding carboxylic acids is 3. The number of hydrogen-bond acceptors (Lipinski definition) is 4. The monoisotopic (exact) mass is 392 g/mol. The molecule has 1 aromatic rings. The lowest BCUT2D eigenvalue weighted by Gasteiger charge is -2.18. The van der Waals surface area contributed by atoms with Crippen LogP contribution in [0, 0.1) is 5.92 Å². The fourth-order valence-corrected chi connectivity index (χ4v) is 2.10. The number of carbonyl (C=O) groups is 3. The molecule has 0 aliphatic rings. The zero-order valence-electron chi connectivity index (χ0n) is 13.8. The molecule has 0 bridgehead atoms. The van der Waals surface area contributed by atoms with E-state index >= 15 is 0 Å². The number of imide groups is 1. The summed E-state index contributed by atoms with van der Waals surface area (Å²) in [7, 11) is 0. The molecule has 0 heterocycles. The van der Waals surface area contributed by atoms with Crippen molar-refractivity contribution in [1.82, 2.24) is 5.32 Å². The van der Waals surface area contributed by atoms with Crippen LogP contribution < -0.4 is 11.1 Å². The summed E-state index contributed by atoms with van der Waals surface area (Å²) in [6.45, 7) is 3.13. The second kappa shape index (κ2) is 8.70. The summed E-state index contributed by atoms with van der Waals surface area (Å²) < 4.78 is 43.3. The van der Waals surface area contributed by atoms with Gasteiger partial charge < -0.3 is 10.5 Å². The van der Waals surface area contributed by atoms with Crippen molar-refractivity contribution in [1.29, 1.82) is 0 Å². The van der Waals surface area contributed by atoms with Gasteiger partial charge in [-0.05, 0) is 29.7 Å². The van der Waals surface area contributed by atoms with Crippen LogP contribution in [0.25, 0.3) is 6.08 Å². The average molecular weight is 393 g/mol. The van der Waals surface area contributed by atoms with E-state index in [4.69, 9.17) is 22.1 Å². The lowest BCUT2D eigenvalue weighted by molar-refractivity contribution is -0.153. The van der Waals surface area contributed by atoms with Gasteiger partial charge in [-0.25, -0.2) is 9.59 Å². The molecule has 3 N–H and O–H groups in total. The molecule has 142 valence electrons. The number of nitrogens with two attached hydrogens (primary N) is 1. The van der Waals surface area contributed by atoms with Gasteiger partial charge in [0.25, 0.3) is 5.91 Å². The Morgan fingerprint density at radius 2 is 1.88 bits per heavy atom. The first-order chi connectivity index (χ1) is 11.9. The largest absolute Gasteiger partial charge is 0.449 e. The third-order valence-electron chi connectivity index (χ3n) is 3.06. The number of ether oxygens (including phenoxy) is 1. The van der Waals surface area contributed by atoms with Gasteiger partial charge in [-0.15, -0.1) is 0 Å². The van der Waals surface area contributed by atoms with E-state index in [0.29, 0.717) is 0 Å². The summed E-state index contributed by atoms with van der Waals surface area (Å²) in [5.41, 5.74) is 3.84. The van der Waals surface area contributed by atoms with E-state index in [-0.39, 0.29) is 5.56 Å². The summed E-state index contributed by atoms with van der Waals surface area (Å²) in [6, 6.07) is 1.99. The van der Waals surface area contributed by atoms with Crippen LogP contribution in [0.5, 0.6) is 0 Å². The second-order valence-corrected chi connectivity index (χ2v) is 5.93. The Morgan fingerprint density at radius 1 is 1.27 bits per heavy atom. The lowest BCUT2D eigenvalue weighted by atomic mass is 10.1. The van der Waals surface area contributed by atoms with Gasteiger partial charge >= 0.3 is 18.2 Å². The summed E-state index contributed by atoms with van der Waals surface area (Å²) >= 11 is 5.51. The van der Waals surface area contributed by atoms with Gasteiger partial charge in [0.1, 0.15) is 0 Å². The first-order valence-electron chi connectivity index (χ1n) is 7.27. The minimum absolute atomic E-state index is 0.0568. The molecule has 1 aromatic carbocycles. The Morgan fingerprint density at radius 3 is 2.38 bits per heavy atom. The second-order valence-electron chi connectivity index (χ2n) is 5.53. The molecule has 0 aliphatic heterocycles. The van der Waals surface area contributed by atoms with Crippen LogP contribution >= 0.6 is 11.6 Å². The van der Waals surface area contributed by atoms with E-state index in [0.717, 1.165) is 24.3 Å². The lowest BCUT2D eigenvalue weighted by Crippen LogP contribution is -2.45. The molecule has 10 heteroatoms. The van der Waals surface area contributed by atoms with Gasteiger partial charge in [-0.1, -0.05) is 31.5 Å². The van der Waals surface area contributed by atoms with E-state index in [1.165, 1.54) is 6.07 Å². The normalized spacial score (nSPS) is 12.9. The number of alkyl halides is 3. The number of urea groups is 1. The van der Waals surface area contributed by atoms with Gasteiger partial charge in [-0.2, -0.15) is 13.2 Å². The minimum atomic E-state index is -4.64. The van der Waals surface area contributed by atoms with Crippen LogP contribution in [0.15, 0.2) is 24.3 Å². The van der Waals surface area contributed by atoms with Crippen molar-refractivity contribution in [2.75, 3.05) is 0 Å². The Hall–Kier alpha value is -2.55. The molecule has 0 aromatic heterocycles. The van der Waals surface area contributed by atoms with Crippen LogP contribution in [-0.2, 0) is 20.5 Å². The third-order valence-corrected chi connectivity index (χ3v) is 3.39. The zero-order valence-corrected chi connectivity index (χ0v) is 14.5. The Labute approximate surface area is 152 Å². The number of benzene rings is 1. The molecule has 26 heavy (non-hydrogen) atoms. The Balaban J connectivity index is 2.89. The minimum Gasteiger partial charge on any atom is -0.449 e. The van der Waals surface area contributed by atoms with E-state index in [1.54, 1.807) is 19.2 Å². The van der Waals surface area contributed by atoms with Gasteiger partial charge in [0.05, 0.1) is 10.6 Å². The van der Waals surface area contributed by atoms with E-state index < -0.39 is 46.7 Å². The molecule has 0 aliphatic carbocycles. The Bertz CT molecular complexity index is 733. The van der Waals surface area contributed by atoms with Crippen molar-refractivity contribution in [2.45, 2.75) is 26.1 Å². The molecular weight excluding hydrogens is 377 g/mol. The van der Waals surface area contributed by atoms with Gasteiger partial charge in [0.15, 0.2) is 6.10 Å². The predicted molar refractivity (Wildman–Crippen MR) is 87.9 cm³/mol. The first-order valence-corrected chi connectivity index (χ1v) is 7.65. The van der Waals surface area contributed by atoms with Crippen molar-refractivity contribution in [3.63, 3.8) is 0 Å². The van der Waals surface area contributed by atoms with Crippen LogP contribution in [0.3, 0.4) is 0 Å².